The lowest BCUT2D eigenvalue weighted by molar-refractivity contribution is -0.191. The third-order valence-electron chi connectivity index (χ3n) is 8.10. The molecule has 0 unspecified atom stereocenters. The summed E-state index contributed by atoms with van der Waals surface area (Å²) in [4.78, 5) is 48.3. The van der Waals surface area contributed by atoms with Crippen LogP contribution in [0.25, 0.3) is 0 Å². The predicted molar refractivity (Wildman–Crippen MR) is 243 cm³/mol. The lowest BCUT2D eigenvalue weighted by atomic mass is 10.1. The molecule has 0 aromatic carbocycles. The molecule has 8 atom stereocenters. The first kappa shape index (κ1) is 64.6. The van der Waals surface area contributed by atoms with Gasteiger partial charge in [0.05, 0.1) is 55.1 Å². The highest BCUT2D eigenvalue weighted by Gasteiger charge is 2.13. The number of hydrogen-bond acceptors (Lipinski definition) is 17. The van der Waals surface area contributed by atoms with Crippen molar-refractivity contribution in [3.8, 4) is 0 Å². The van der Waals surface area contributed by atoms with Crippen LogP contribution in [-0.2, 0) is 66.6 Å². The molecule has 0 aromatic heterocycles. The van der Waals surface area contributed by atoms with Gasteiger partial charge >= 0.3 is 18.1 Å². The van der Waals surface area contributed by atoms with Gasteiger partial charge in [-0.3, -0.25) is 4.79 Å². The Morgan fingerprint density at radius 1 is 0.708 bits per heavy atom. The number of aliphatic hydroxyl groups excluding tert-OH is 3. The number of aliphatic hydroxyl groups is 3. The molecule has 65 heavy (non-hydrogen) atoms. The SMILES string of the molecule is CC/C=C\C=C\[C@@H](CC[C@@H](C)O)OCOC.COCO[C@@H](/C=C/C=C\OC=O)CC[C@@H](C)O.COCO[C@H]1/C=C/C=C\C(=O)O[C@H](C)CC1.C[C@@H]1CC[C@@H](O)/C=C/C=C\C(=O)O1.O=C=O. The molecule has 0 saturated heterocycles. The molecule has 0 saturated carbocycles. The molecule has 0 radical (unpaired) electrons. The van der Waals surface area contributed by atoms with Gasteiger partial charge < -0.3 is 58.0 Å². The normalized spacial score (nSPS) is 22.5. The second kappa shape index (κ2) is 48.8. The summed E-state index contributed by atoms with van der Waals surface area (Å²) in [5.74, 6) is -0.623. The molecule has 0 aromatic rings. The van der Waals surface area contributed by atoms with E-state index >= 15 is 0 Å². The first-order valence-electron chi connectivity index (χ1n) is 21.4. The topological polar surface area (TPSA) is 229 Å². The first-order chi connectivity index (χ1) is 31.2. The number of ether oxygens (including phenoxy) is 9. The van der Waals surface area contributed by atoms with Crippen LogP contribution < -0.4 is 0 Å². The van der Waals surface area contributed by atoms with Crippen molar-refractivity contribution >= 4 is 24.6 Å². The molecule has 17 nitrogen and oxygen atoms in total. The van der Waals surface area contributed by atoms with Crippen LogP contribution in [0.5, 0.6) is 0 Å². The van der Waals surface area contributed by atoms with Gasteiger partial charge in [-0.05, 0) is 91.6 Å². The van der Waals surface area contributed by atoms with Crippen molar-refractivity contribution in [3.05, 3.63) is 97.4 Å². The van der Waals surface area contributed by atoms with E-state index in [1.165, 1.54) is 18.4 Å². The molecule has 3 N–H and O–H groups in total. The van der Waals surface area contributed by atoms with Crippen LogP contribution in [0.4, 0.5) is 0 Å². The van der Waals surface area contributed by atoms with Crippen molar-refractivity contribution < 1.29 is 81.9 Å². The zero-order valence-electron chi connectivity index (χ0n) is 39.5. The van der Waals surface area contributed by atoms with E-state index in [2.05, 4.69) is 17.7 Å². The fourth-order valence-corrected chi connectivity index (χ4v) is 4.84. The molecule has 0 aliphatic carbocycles. The molecule has 0 amide bonds. The summed E-state index contributed by atoms with van der Waals surface area (Å²) < 4.78 is 45.4. The first-order valence-corrected chi connectivity index (χ1v) is 21.4. The lowest BCUT2D eigenvalue weighted by Crippen LogP contribution is -2.18. The van der Waals surface area contributed by atoms with Crippen molar-refractivity contribution in [1.29, 1.82) is 0 Å². The van der Waals surface area contributed by atoms with Crippen molar-refractivity contribution in [2.75, 3.05) is 41.7 Å². The Kier molecular flexibility index (Phi) is 48.5. The van der Waals surface area contributed by atoms with E-state index in [0.717, 1.165) is 32.1 Å². The van der Waals surface area contributed by atoms with Crippen LogP contribution in [-0.4, -0.2) is 130 Å². The summed E-state index contributed by atoms with van der Waals surface area (Å²) in [6.45, 7) is 10.4. The molecule has 17 heteroatoms. The highest BCUT2D eigenvalue weighted by atomic mass is 16.7. The van der Waals surface area contributed by atoms with Gasteiger partial charge in [-0.1, -0.05) is 79.8 Å². The van der Waals surface area contributed by atoms with Gasteiger partial charge in [-0.15, -0.1) is 0 Å². The van der Waals surface area contributed by atoms with Gasteiger partial charge in [0.25, 0.3) is 6.47 Å². The van der Waals surface area contributed by atoms with E-state index in [0.29, 0.717) is 32.2 Å². The molecular formula is C48H76O17. The van der Waals surface area contributed by atoms with Crippen molar-refractivity contribution in [2.24, 2.45) is 0 Å². The summed E-state index contributed by atoms with van der Waals surface area (Å²) in [6, 6.07) is 0. The second-order valence-electron chi connectivity index (χ2n) is 14.1. The molecule has 2 rings (SSSR count). The van der Waals surface area contributed by atoms with Gasteiger partial charge in [0, 0.05) is 33.5 Å². The monoisotopic (exact) mass is 925 g/mol. The minimum Gasteiger partial charge on any atom is -0.460 e. The molecule has 0 spiro atoms. The zero-order chi connectivity index (χ0) is 49.4. The minimum absolute atomic E-state index is 0.00357. The maximum Gasteiger partial charge on any atom is 0.373 e. The molecule has 370 valence electrons. The van der Waals surface area contributed by atoms with Crippen molar-refractivity contribution in [2.45, 2.75) is 141 Å². The zero-order valence-corrected chi connectivity index (χ0v) is 39.5. The second-order valence-corrected chi connectivity index (χ2v) is 14.1. The van der Waals surface area contributed by atoms with Gasteiger partial charge in [-0.25, -0.2) is 9.59 Å². The van der Waals surface area contributed by atoms with Crippen LogP contribution in [0.3, 0.4) is 0 Å². The van der Waals surface area contributed by atoms with Crippen LogP contribution in [0.1, 0.15) is 92.4 Å². The molecular weight excluding hydrogens is 849 g/mol. The summed E-state index contributed by atoms with van der Waals surface area (Å²) in [5.41, 5.74) is 0. The Morgan fingerprint density at radius 2 is 1.18 bits per heavy atom. The number of carbonyl (C=O) groups excluding carboxylic acids is 5. The Hall–Kier alpha value is -4.65. The maximum absolute atomic E-state index is 11.2. The van der Waals surface area contributed by atoms with Crippen LogP contribution in [0, 0.1) is 0 Å². The average molecular weight is 925 g/mol. The summed E-state index contributed by atoms with van der Waals surface area (Å²) >= 11 is 0. The maximum atomic E-state index is 11.2. The predicted octanol–water partition coefficient (Wildman–Crippen LogP) is 6.45. The average Bonchev–Trinajstić information content (AvgIpc) is 3.27. The van der Waals surface area contributed by atoms with E-state index in [-0.39, 0.29) is 81.2 Å². The standard InChI is InChI=1S/C13H24O3.C12H20O5.C12H18O4.C10H14O3.CO2/c1-4-5-6-7-8-13(16-11-15-3)10-9-12(2)14;1-11(14)6-7-12(17-10-15-2)5-3-4-8-16-9-13;1-10-7-8-11(15-9-14-2)5-3-4-6-12(13)16-10;1-8-6-7-9(11)4-2-3-5-10(12)13-8;2-1-3/h5-8,12-14H,4,9-11H2,1-3H3;3-5,8-9,11-12,14H,6-7,10H2,1-2H3;3-6,10-11H,7-9H2,1-2H3;2-5,8-9,11H,6-7H2,1H3;/b6-5-,8-7+;5-3+,8-4-;5-3+,6-4-;4-2+,5-3-;/t12-,13+;11-,12+;10-,11+;8-,9+;/m1111./s1. The third-order valence-corrected chi connectivity index (χ3v) is 8.10. The number of hydrogen-bond donors (Lipinski definition) is 3. The van der Waals surface area contributed by atoms with Gasteiger partial charge in [0.1, 0.15) is 20.4 Å². The lowest BCUT2D eigenvalue weighted by Gasteiger charge is -2.17. The van der Waals surface area contributed by atoms with Crippen LogP contribution >= 0.6 is 0 Å². The van der Waals surface area contributed by atoms with E-state index < -0.39 is 6.10 Å². The molecule has 2 aliphatic heterocycles. The quantitative estimate of drug-likeness (QED) is 0.0264. The van der Waals surface area contributed by atoms with Crippen LogP contribution in [0.2, 0.25) is 0 Å². The van der Waals surface area contributed by atoms with Crippen LogP contribution in [0.15, 0.2) is 97.4 Å². The highest BCUT2D eigenvalue weighted by Crippen LogP contribution is 2.12. The minimum atomic E-state index is -0.441. The summed E-state index contributed by atoms with van der Waals surface area (Å²) in [7, 11) is 4.74. The summed E-state index contributed by atoms with van der Waals surface area (Å²) in [5, 5.41) is 27.7. The number of methoxy groups -OCH3 is 3. The number of esters is 2. The van der Waals surface area contributed by atoms with Crippen molar-refractivity contribution in [1.82, 2.24) is 0 Å². The van der Waals surface area contributed by atoms with Gasteiger partial charge in [0.15, 0.2) is 0 Å². The Morgan fingerprint density at radius 3 is 1.65 bits per heavy atom. The fraction of sp³-hybridized carbons (Fsp3) is 0.583. The summed E-state index contributed by atoms with van der Waals surface area (Å²) in [6.07, 6.45) is 33.1. The van der Waals surface area contributed by atoms with Crippen molar-refractivity contribution in [3.63, 3.8) is 0 Å². The Labute approximate surface area is 386 Å². The number of cyclic esters (lactones) is 2. The Bertz CT molecular complexity index is 1420. The third kappa shape index (κ3) is 50.2. The van der Waals surface area contributed by atoms with E-state index in [1.807, 2.05) is 44.2 Å². The number of allylic oxidation sites excluding steroid dienone is 9. The van der Waals surface area contributed by atoms with E-state index in [1.54, 1.807) is 77.7 Å². The molecule has 0 bridgehead atoms. The fourth-order valence-electron chi connectivity index (χ4n) is 4.84. The number of rotatable bonds is 22. The smallest absolute Gasteiger partial charge is 0.373 e. The largest absolute Gasteiger partial charge is 0.460 e. The van der Waals surface area contributed by atoms with E-state index in [9.17, 15) is 29.7 Å². The molecule has 2 aliphatic rings. The highest BCUT2D eigenvalue weighted by molar-refractivity contribution is 5.82. The van der Waals surface area contributed by atoms with Gasteiger partial charge in [0.2, 0.25) is 0 Å². The van der Waals surface area contributed by atoms with Gasteiger partial charge in [-0.2, -0.15) is 9.59 Å². The molecule has 2 heterocycles. The Balaban J connectivity index is -0.000000774. The van der Waals surface area contributed by atoms with E-state index in [4.69, 9.17) is 47.5 Å². The number of carbonyl (C=O) groups is 3. The molecule has 0 fully saturated rings.